The van der Waals surface area contributed by atoms with Crippen LogP contribution < -0.4 is 5.32 Å². The summed E-state index contributed by atoms with van der Waals surface area (Å²) in [5.41, 5.74) is 1.78. The van der Waals surface area contributed by atoms with E-state index in [9.17, 15) is 9.59 Å². The Kier molecular flexibility index (Phi) is 1.42. The van der Waals surface area contributed by atoms with Crippen molar-refractivity contribution in [1.82, 2.24) is 4.98 Å². The fraction of sp³-hybridized carbons (Fsp3) is 0. The van der Waals surface area contributed by atoms with Crippen LogP contribution in [0.25, 0.3) is 10.9 Å². The first-order valence-electron chi connectivity index (χ1n) is 4.51. The van der Waals surface area contributed by atoms with E-state index >= 15 is 0 Å². The molecule has 1 aromatic heterocycles. The Hall–Kier alpha value is -2.23. The molecule has 0 aliphatic carbocycles. The number of carbonyl (C=O) groups excluding carboxylic acids is 2. The molecule has 0 radical (unpaired) electrons. The van der Waals surface area contributed by atoms with Crippen molar-refractivity contribution in [2.75, 3.05) is 5.32 Å². The highest BCUT2D eigenvalue weighted by Gasteiger charge is 2.29. The maximum Gasteiger partial charge on any atom is 0.296 e. The van der Waals surface area contributed by atoms with Gasteiger partial charge in [0.25, 0.3) is 11.7 Å². The van der Waals surface area contributed by atoms with E-state index in [1.165, 1.54) is 0 Å². The third kappa shape index (κ3) is 0.985. The molecular formula is C11H6N2O2. The van der Waals surface area contributed by atoms with Crippen molar-refractivity contribution in [3.63, 3.8) is 0 Å². The van der Waals surface area contributed by atoms with Crippen molar-refractivity contribution in [3.05, 3.63) is 36.0 Å². The van der Waals surface area contributed by atoms with Crippen LogP contribution in [0.5, 0.6) is 0 Å². The predicted molar refractivity (Wildman–Crippen MR) is 54.7 cm³/mol. The van der Waals surface area contributed by atoms with Crippen LogP contribution in [0.1, 0.15) is 10.4 Å². The molecule has 4 heteroatoms. The molecule has 1 aliphatic rings. The second-order valence-electron chi connectivity index (χ2n) is 3.34. The molecule has 0 unspecified atom stereocenters. The summed E-state index contributed by atoms with van der Waals surface area (Å²) in [4.78, 5) is 26.7. The number of Topliss-reactive ketones (excluding diaryl/α,β-unsaturated/α-hetero) is 1. The molecule has 1 N–H and O–H groups in total. The number of amides is 1. The van der Waals surface area contributed by atoms with E-state index in [4.69, 9.17) is 0 Å². The van der Waals surface area contributed by atoms with Gasteiger partial charge in [0.2, 0.25) is 0 Å². The van der Waals surface area contributed by atoms with E-state index in [0.717, 1.165) is 10.9 Å². The van der Waals surface area contributed by atoms with Crippen molar-refractivity contribution >= 4 is 28.3 Å². The van der Waals surface area contributed by atoms with E-state index in [1.807, 2.05) is 6.07 Å². The maximum absolute atomic E-state index is 11.4. The Labute approximate surface area is 84.9 Å². The first kappa shape index (κ1) is 8.11. The van der Waals surface area contributed by atoms with Gasteiger partial charge in [0, 0.05) is 11.6 Å². The van der Waals surface area contributed by atoms with Gasteiger partial charge in [-0.25, -0.2) is 0 Å². The molecule has 1 amide bonds. The molecule has 2 aromatic rings. The Balaban J connectivity index is 2.43. The number of anilines is 1. The summed E-state index contributed by atoms with van der Waals surface area (Å²) in [6.45, 7) is 0. The van der Waals surface area contributed by atoms with Crippen LogP contribution in [0, 0.1) is 0 Å². The Morgan fingerprint density at radius 2 is 2.00 bits per heavy atom. The van der Waals surface area contributed by atoms with E-state index in [1.54, 1.807) is 24.4 Å². The van der Waals surface area contributed by atoms with Gasteiger partial charge in [-0.2, -0.15) is 0 Å². The van der Waals surface area contributed by atoms with Crippen LogP contribution in [0.4, 0.5) is 5.69 Å². The molecule has 15 heavy (non-hydrogen) atoms. The lowest BCUT2D eigenvalue weighted by atomic mass is 10.1. The van der Waals surface area contributed by atoms with E-state index in [0.29, 0.717) is 11.3 Å². The molecule has 3 rings (SSSR count). The topological polar surface area (TPSA) is 59.1 Å². The predicted octanol–water partition coefficient (Wildman–Crippen LogP) is 1.37. The monoisotopic (exact) mass is 198 g/mol. The first-order valence-corrected chi connectivity index (χ1v) is 4.51. The second kappa shape index (κ2) is 2.63. The lowest BCUT2D eigenvalue weighted by Gasteiger charge is -2.01. The summed E-state index contributed by atoms with van der Waals surface area (Å²) in [5, 5.41) is 3.36. The molecule has 0 spiro atoms. The number of hydrogen-bond acceptors (Lipinski definition) is 3. The molecule has 2 heterocycles. The van der Waals surface area contributed by atoms with Gasteiger partial charge in [0.1, 0.15) is 0 Å². The van der Waals surface area contributed by atoms with Gasteiger partial charge in [-0.15, -0.1) is 0 Å². The minimum absolute atomic E-state index is 0.431. The quantitative estimate of drug-likeness (QED) is 0.650. The average molecular weight is 198 g/mol. The molecule has 1 aromatic carbocycles. The number of carbonyl (C=O) groups is 2. The molecule has 72 valence electrons. The van der Waals surface area contributed by atoms with Crippen LogP contribution in [0.15, 0.2) is 30.5 Å². The van der Waals surface area contributed by atoms with Gasteiger partial charge in [-0.1, -0.05) is 0 Å². The van der Waals surface area contributed by atoms with Crippen LogP contribution in [-0.2, 0) is 4.79 Å². The Morgan fingerprint density at radius 3 is 2.87 bits per heavy atom. The lowest BCUT2D eigenvalue weighted by molar-refractivity contribution is -0.112. The third-order valence-electron chi connectivity index (χ3n) is 2.47. The standard InChI is InChI=1S/C11H6N2O2/c14-10-7-3-4-8-6(2-1-5-12-8)9(7)13-11(10)15/h1-5H,(H,13,14,15). The van der Waals surface area contributed by atoms with Crippen molar-refractivity contribution in [3.8, 4) is 0 Å². The molecule has 0 fully saturated rings. The van der Waals surface area contributed by atoms with Gasteiger partial charge < -0.3 is 5.32 Å². The van der Waals surface area contributed by atoms with E-state index in [2.05, 4.69) is 10.3 Å². The normalized spacial score (nSPS) is 14.1. The van der Waals surface area contributed by atoms with Gasteiger partial charge in [-0.05, 0) is 24.3 Å². The number of fused-ring (bicyclic) bond motifs is 3. The number of ketones is 1. The molecule has 0 atom stereocenters. The molecule has 0 saturated heterocycles. The summed E-state index contributed by atoms with van der Waals surface area (Å²) < 4.78 is 0. The SMILES string of the molecule is O=C1Nc2c(ccc3ncccc23)C1=O. The summed E-state index contributed by atoms with van der Waals surface area (Å²) in [5.74, 6) is -1.04. The summed E-state index contributed by atoms with van der Waals surface area (Å²) in [6.07, 6.45) is 1.67. The highest BCUT2D eigenvalue weighted by molar-refractivity contribution is 6.52. The van der Waals surface area contributed by atoms with Crippen LogP contribution in [0.2, 0.25) is 0 Å². The van der Waals surface area contributed by atoms with E-state index in [-0.39, 0.29) is 0 Å². The Bertz CT molecular complexity index is 605. The lowest BCUT2D eigenvalue weighted by Crippen LogP contribution is -2.12. The van der Waals surface area contributed by atoms with Crippen LogP contribution in [-0.4, -0.2) is 16.7 Å². The third-order valence-corrected chi connectivity index (χ3v) is 2.47. The van der Waals surface area contributed by atoms with Gasteiger partial charge in [-0.3, -0.25) is 14.6 Å². The first-order chi connectivity index (χ1) is 7.27. The number of pyridine rings is 1. The molecule has 0 saturated carbocycles. The minimum Gasteiger partial charge on any atom is -0.318 e. The summed E-state index contributed by atoms with van der Waals surface area (Å²) in [6, 6.07) is 6.98. The summed E-state index contributed by atoms with van der Waals surface area (Å²) in [7, 11) is 0. The van der Waals surface area contributed by atoms with Crippen LogP contribution in [0.3, 0.4) is 0 Å². The van der Waals surface area contributed by atoms with Gasteiger partial charge in [0.05, 0.1) is 16.8 Å². The van der Waals surface area contributed by atoms with Gasteiger partial charge >= 0.3 is 0 Å². The maximum atomic E-state index is 11.4. The molecule has 4 nitrogen and oxygen atoms in total. The average Bonchev–Trinajstić information content (AvgIpc) is 2.56. The number of hydrogen-bond donors (Lipinski definition) is 1. The second-order valence-corrected chi connectivity index (χ2v) is 3.34. The Morgan fingerprint density at radius 1 is 1.13 bits per heavy atom. The highest BCUT2D eigenvalue weighted by atomic mass is 16.2. The minimum atomic E-state index is -0.568. The zero-order chi connectivity index (χ0) is 10.4. The van der Waals surface area contributed by atoms with Crippen molar-refractivity contribution in [2.45, 2.75) is 0 Å². The van der Waals surface area contributed by atoms with E-state index < -0.39 is 11.7 Å². The molecule has 1 aliphatic heterocycles. The molecular weight excluding hydrogens is 192 g/mol. The molecule has 0 bridgehead atoms. The largest absolute Gasteiger partial charge is 0.318 e. The number of aromatic nitrogens is 1. The van der Waals surface area contributed by atoms with Crippen molar-refractivity contribution in [1.29, 1.82) is 0 Å². The smallest absolute Gasteiger partial charge is 0.296 e. The number of nitrogens with zero attached hydrogens (tertiary/aromatic N) is 1. The summed E-state index contributed by atoms with van der Waals surface area (Å²) >= 11 is 0. The number of rotatable bonds is 0. The van der Waals surface area contributed by atoms with Crippen molar-refractivity contribution in [2.24, 2.45) is 0 Å². The number of nitrogens with one attached hydrogen (secondary N) is 1. The highest BCUT2D eigenvalue weighted by Crippen LogP contribution is 2.30. The zero-order valence-electron chi connectivity index (χ0n) is 7.65. The van der Waals surface area contributed by atoms with Gasteiger partial charge in [0.15, 0.2) is 0 Å². The van der Waals surface area contributed by atoms with Crippen LogP contribution >= 0.6 is 0 Å². The fourth-order valence-electron chi connectivity index (χ4n) is 1.77. The fourth-order valence-corrected chi connectivity index (χ4v) is 1.77. The van der Waals surface area contributed by atoms with Crippen molar-refractivity contribution < 1.29 is 9.59 Å². The number of benzene rings is 1. The zero-order valence-corrected chi connectivity index (χ0v) is 7.65.